The van der Waals surface area contributed by atoms with Gasteiger partial charge in [-0.05, 0) is 12.8 Å². The van der Waals surface area contributed by atoms with E-state index in [2.05, 4.69) is 15.3 Å². The van der Waals surface area contributed by atoms with Gasteiger partial charge in [0.2, 0.25) is 5.91 Å². The fourth-order valence-corrected chi connectivity index (χ4v) is 3.06. The normalized spacial score (nSPS) is 17.3. The lowest BCUT2D eigenvalue weighted by Crippen LogP contribution is -2.36. The number of hydrogen-bond acceptors (Lipinski definition) is 5. The molecule has 0 radical (unpaired) electrons. The molecule has 1 aromatic rings. The van der Waals surface area contributed by atoms with Crippen LogP contribution >= 0.6 is 0 Å². The second-order valence-electron chi connectivity index (χ2n) is 5.21. The van der Waals surface area contributed by atoms with Gasteiger partial charge in [0.25, 0.3) is 0 Å². The van der Waals surface area contributed by atoms with Crippen LogP contribution in [0, 0.1) is 0 Å². The Balaban J connectivity index is 2.12. The molecule has 1 aromatic heterocycles. The Morgan fingerprint density at radius 3 is 2.21 bits per heavy atom. The number of rotatable bonds is 4. The fraction of sp³-hybridized carbons (Fsp3) is 0.583. The molecule has 1 aliphatic carbocycles. The zero-order valence-electron chi connectivity index (χ0n) is 11.2. The molecular weight excluding hydrogens is 266 g/mol. The van der Waals surface area contributed by atoms with E-state index < -0.39 is 20.5 Å². The van der Waals surface area contributed by atoms with Crippen LogP contribution in [0.25, 0.3) is 0 Å². The van der Waals surface area contributed by atoms with Gasteiger partial charge in [-0.15, -0.1) is 0 Å². The summed E-state index contributed by atoms with van der Waals surface area (Å²) in [5.41, 5.74) is 0.421. The van der Waals surface area contributed by atoms with Crippen molar-refractivity contribution >= 4 is 21.4 Å². The molecule has 19 heavy (non-hydrogen) atoms. The Morgan fingerprint density at radius 1 is 1.32 bits per heavy atom. The van der Waals surface area contributed by atoms with E-state index >= 15 is 0 Å². The van der Waals surface area contributed by atoms with Gasteiger partial charge < -0.3 is 5.32 Å². The van der Waals surface area contributed by atoms with Gasteiger partial charge >= 0.3 is 0 Å². The van der Waals surface area contributed by atoms with Crippen molar-refractivity contribution in [1.29, 1.82) is 0 Å². The molecule has 0 aromatic carbocycles. The van der Waals surface area contributed by atoms with Crippen molar-refractivity contribution < 1.29 is 13.2 Å². The van der Waals surface area contributed by atoms with E-state index in [0.29, 0.717) is 24.4 Å². The van der Waals surface area contributed by atoms with Crippen molar-refractivity contribution in [3.05, 3.63) is 18.2 Å². The number of anilines is 1. The molecule has 0 atom stereocenters. The van der Waals surface area contributed by atoms with E-state index in [1.165, 1.54) is 12.4 Å². The molecule has 0 bridgehead atoms. The number of amides is 1. The topological polar surface area (TPSA) is 89.0 Å². The molecule has 1 saturated carbocycles. The zero-order valence-corrected chi connectivity index (χ0v) is 12.0. The first kappa shape index (κ1) is 13.9. The highest BCUT2D eigenvalue weighted by molar-refractivity contribution is 7.93. The van der Waals surface area contributed by atoms with Crippen LogP contribution in [0.1, 0.15) is 38.4 Å². The summed E-state index contributed by atoms with van der Waals surface area (Å²) in [6.45, 7) is 3.94. The Hall–Kier alpha value is -1.50. The smallest absolute Gasteiger partial charge is 0.245 e. The van der Waals surface area contributed by atoms with E-state index in [9.17, 15) is 13.2 Å². The van der Waals surface area contributed by atoms with Crippen LogP contribution < -0.4 is 5.32 Å². The Morgan fingerprint density at radius 2 is 1.84 bits per heavy atom. The maximum Gasteiger partial charge on any atom is 0.245 e. The Bertz CT molecular complexity index is 589. The van der Waals surface area contributed by atoms with Crippen molar-refractivity contribution in [2.75, 3.05) is 11.6 Å². The highest BCUT2D eigenvalue weighted by atomic mass is 32.2. The maximum atomic E-state index is 12.0. The predicted octanol–water partition coefficient (Wildman–Crippen LogP) is 1.12. The Kier molecular flexibility index (Phi) is 3.34. The molecule has 104 valence electrons. The van der Waals surface area contributed by atoms with E-state index in [-0.39, 0.29) is 5.92 Å². The largest absolute Gasteiger partial charge is 0.322 e. The van der Waals surface area contributed by atoms with Crippen molar-refractivity contribution in [1.82, 2.24) is 9.97 Å². The molecule has 0 saturated heterocycles. The maximum absolute atomic E-state index is 12.0. The summed E-state index contributed by atoms with van der Waals surface area (Å²) in [6, 6.07) is 0. The quantitative estimate of drug-likeness (QED) is 0.894. The second kappa shape index (κ2) is 4.56. The van der Waals surface area contributed by atoms with Crippen LogP contribution in [-0.4, -0.2) is 35.3 Å². The van der Waals surface area contributed by atoms with Gasteiger partial charge in [0, 0.05) is 12.2 Å². The van der Waals surface area contributed by atoms with E-state index in [1.54, 1.807) is 0 Å². The summed E-state index contributed by atoms with van der Waals surface area (Å²) in [7, 11) is -3.39. The summed E-state index contributed by atoms with van der Waals surface area (Å²) in [5.74, 6) is 0.397. The lowest BCUT2D eigenvalue weighted by atomic mass is 10.2. The minimum atomic E-state index is -3.39. The molecule has 1 heterocycles. The highest BCUT2D eigenvalue weighted by Gasteiger charge is 2.58. The van der Waals surface area contributed by atoms with Crippen molar-refractivity contribution in [3.63, 3.8) is 0 Å². The number of sulfone groups is 1. The number of hydrogen-bond donors (Lipinski definition) is 1. The summed E-state index contributed by atoms with van der Waals surface area (Å²) in [4.78, 5) is 20.3. The van der Waals surface area contributed by atoms with Crippen LogP contribution in [-0.2, 0) is 14.6 Å². The SMILES string of the molecule is CC(C)c1ncc(NC(=O)C2(S(C)(=O)=O)CC2)cn1. The first-order valence-electron chi connectivity index (χ1n) is 6.09. The predicted molar refractivity (Wildman–Crippen MR) is 71.6 cm³/mol. The number of carbonyl (C=O) groups is 1. The lowest BCUT2D eigenvalue weighted by molar-refractivity contribution is -0.116. The lowest BCUT2D eigenvalue weighted by Gasteiger charge is -2.13. The monoisotopic (exact) mass is 283 g/mol. The molecule has 0 aliphatic heterocycles. The minimum Gasteiger partial charge on any atom is -0.322 e. The highest BCUT2D eigenvalue weighted by Crippen LogP contribution is 2.43. The van der Waals surface area contributed by atoms with Gasteiger partial charge in [-0.25, -0.2) is 18.4 Å². The molecule has 1 amide bonds. The van der Waals surface area contributed by atoms with Gasteiger partial charge in [0.1, 0.15) is 5.82 Å². The molecule has 1 N–H and O–H groups in total. The summed E-state index contributed by atoms with van der Waals surface area (Å²) >= 11 is 0. The molecule has 0 unspecified atom stereocenters. The van der Waals surface area contributed by atoms with Gasteiger partial charge in [-0.3, -0.25) is 4.79 Å². The number of nitrogens with one attached hydrogen (secondary N) is 1. The summed E-state index contributed by atoms with van der Waals surface area (Å²) in [6.07, 6.45) is 4.85. The molecule has 1 fully saturated rings. The van der Waals surface area contributed by atoms with E-state index in [0.717, 1.165) is 6.26 Å². The molecule has 0 spiro atoms. The Labute approximate surface area is 112 Å². The van der Waals surface area contributed by atoms with Crippen LogP contribution in [0.2, 0.25) is 0 Å². The first-order valence-corrected chi connectivity index (χ1v) is 7.98. The third-order valence-electron chi connectivity index (χ3n) is 3.27. The third-order valence-corrected chi connectivity index (χ3v) is 5.29. The molecular formula is C12H17N3O3S. The molecule has 7 heteroatoms. The minimum absolute atomic E-state index is 0.204. The second-order valence-corrected chi connectivity index (χ2v) is 7.53. The van der Waals surface area contributed by atoms with Gasteiger partial charge in [0.15, 0.2) is 14.6 Å². The van der Waals surface area contributed by atoms with Crippen LogP contribution in [0.4, 0.5) is 5.69 Å². The number of carbonyl (C=O) groups excluding carboxylic acids is 1. The average molecular weight is 283 g/mol. The molecule has 6 nitrogen and oxygen atoms in total. The van der Waals surface area contributed by atoms with Gasteiger partial charge in [-0.2, -0.15) is 0 Å². The van der Waals surface area contributed by atoms with Crippen LogP contribution in [0.15, 0.2) is 12.4 Å². The number of nitrogens with zero attached hydrogens (tertiary/aromatic N) is 2. The summed E-state index contributed by atoms with van der Waals surface area (Å²) in [5, 5.41) is 2.57. The number of aromatic nitrogens is 2. The van der Waals surface area contributed by atoms with Crippen LogP contribution in [0.3, 0.4) is 0 Å². The zero-order chi connectivity index (χ0) is 14.3. The van der Waals surface area contributed by atoms with Gasteiger partial charge in [0.05, 0.1) is 18.1 Å². The van der Waals surface area contributed by atoms with Crippen molar-refractivity contribution in [3.8, 4) is 0 Å². The molecule has 2 rings (SSSR count). The standard InChI is InChI=1S/C12H17N3O3S/c1-8(2)10-13-6-9(7-14-10)15-11(16)12(4-5-12)19(3,17)18/h6-8H,4-5H2,1-3H3,(H,15,16). The van der Waals surface area contributed by atoms with Gasteiger partial charge in [-0.1, -0.05) is 13.8 Å². The molecule has 1 aliphatic rings. The third kappa shape index (κ3) is 2.60. The van der Waals surface area contributed by atoms with E-state index in [1.807, 2.05) is 13.8 Å². The van der Waals surface area contributed by atoms with Crippen LogP contribution in [0.5, 0.6) is 0 Å². The van der Waals surface area contributed by atoms with Crippen molar-refractivity contribution in [2.45, 2.75) is 37.4 Å². The average Bonchev–Trinajstić information content (AvgIpc) is 3.09. The summed E-state index contributed by atoms with van der Waals surface area (Å²) < 4.78 is 22.0. The van der Waals surface area contributed by atoms with Crippen molar-refractivity contribution in [2.24, 2.45) is 0 Å². The van der Waals surface area contributed by atoms with E-state index in [4.69, 9.17) is 0 Å². The first-order chi connectivity index (χ1) is 8.76. The fourth-order valence-electron chi connectivity index (χ4n) is 1.83.